The van der Waals surface area contributed by atoms with Crippen LogP contribution in [0.1, 0.15) is 13.0 Å². The molecule has 0 unspecified atom stereocenters. The number of hydrogen-bond donors (Lipinski definition) is 1. The first kappa shape index (κ1) is 16.3. The standard InChI is InChI=1S/C18H23N5O/c1-14(23-9-7-19-13-23)18(24)20-16-5-4-15-6-8-22(17(15)12-16)11-10-21(2)3/h4-9,12-14H,10-11H2,1-3H3,(H,20,24)/t14-/m1/s1. The second kappa shape index (κ2) is 6.88. The fraction of sp³-hybridized carbons (Fsp3) is 0.333. The summed E-state index contributed by atoms with van der Waals surface area (Å²) >= 11 is 0. The van der Waals surface area contributed by atoms with Crippen LogP contribution in [0.2, 0.25) is 0 Å². The molecular formula is C18H23N5O. The number of nitrogens with zero attached hydrogens (tertiary/aromatic N) is 4. The lowest BCUT2D eigenvalue weighted by atomic mass is 10.2. The third-order valence-electron chi connectivity index (χ3n) is 4.18. The van der Waals surface area contributed by atoms with E-state index in [9.17, 15) is 4.79 Å². The van der Waals surface area contributed by atoms with Gasteiger partial charge in [-0.15, -0.1) is 0 Å². The largest absolute Gasteiger partial charge is 0.346 e. The van der Waals surface area contributed by atoms with Crippen molar-refractivity contribution in [3.05, 3.63) is 49.2 Å². The first-order chi connectivity index (χ1) is 11.5. The molecule has 126 valence electrons. The second-order valence-electron chi connectivity index (χ2n) is 6.26. The van der Waals surface area contributed by atoms with Gasteiger partial charge in [0.15, 0.2) is 0 Å². The summed E-state index contributed by atoms with van der Waals surface area (Å²) in [5.41, 5.74) is 1.94. The van der Waals surface area contributed by atoms with Crippen LogP contribution in [0.25, 0.3) is 10.9 Å². The fourth-order valence-corrected chi connectivity index (χ4v) is 2.65. The van der Waals surface area contributed by atoms with Gasteiger partial charge in [-0.05, 0) is 44.6 Å². The van der Waals surface area contributed by atoms with Crippen molar-refractivity contribution in [3.63, 3.8) is 0 Å². The topological polar surface area (TPSA) is 55.1 Å². The van der Waals surface area contributed by atoms with E-state index in [1.807, 2.05) is 25.1 Å². The summed E-state index contributed by atoms with van der Waals surface area (Å²) in [6, 6.07) is 7.81. The third kappa shape index (κ3) is 3.49. The molecule has 0 aliphatic rings. The first-order valence-corrected chi connectivity index (χ1v) is 8.06. The van der Waals surface area contributed by atoms with Gasteiger partial charge >= 0.3 is 0 Å². The third-order valence-corrected chi connectivity index (χ3v) is 4.18. The zero-order valence-corrected chi connectivity index (χ0v) is 14.3. The molecule has 1 aromatic carbocycles. The maximum Gasteiger partial charge on any atom is 0.247 e. The highest BCUT2D eigenvalue weighted by Gasteiger charge is 2.14. The normalized spacial score (nSPS) is 12.7. The van der Waals surface area contributed by atoms with Gasteiger partial charge in [-0.3, -0.25) is 4.79 Å². The van der Waals surface area contributed by atoms with Crippen molar-refractivity contribution in [2.45, 2.75) is 19.5 Å². The van der Waals surface area contributed by atoms with Crippen LogP contribution in [-0.2, 0) is 11.3 Å². The lowest BCUT2D eigenvalue weighted by Crippen LogP contribution is -2.22. The molecule has 0 spiro atoms. The first-order valence-electron chi connectivity index (χ1n) is 8.06. The number of hydrogen-bond acceptors (Lipinski definition) is 3. The van der Waals surface area contributed by atoms with Gasteiger partial charge in [-0.2, -0.15) is 0 Å². The van der Waals surface area contributed by atoms with Gasteiger partial charge in [0.2, 0.25) is 5.91 Å². The number of carbonyl (C=O) groups excluding carboxylic acids is 1. The highest BCUT2D eigenvalue weighted by molar-refractivity contribution is 5.95. The smallest absolute Gasteiger partial charge is 0.247 e. The van der Waals surface area contributed by atoms with Crippen LogP contribution in [0.5, 0.6) is 0 Å². The summed E-state index contributed by atoms with van der Waals surface area (Å²) in [5, 5.41) is 4.17. The molecular weight excluding hydrogens is 302 g/mol. The maximum absolute atomic E-state index is 12.4. The Labute approximate surface area is 141 Å². The molecule has 1 N–H and O–H groups in total. The zero-order chi connectivity index (χ0) is 17.1. The number of fused-ring (bicyclic) bond motifs is 1. The Morgan fingerprint density at radius 3 is 2.83 bits per heavy atom. The second-order valence-corrected chi connectivity index (χ2v) is 6.26. The SMILES string of the molecule is C[C@H](C(=O)Nc1ccc2ccn(CCN(C)C)c2c1)n1ccnc1. The number of nitrogens with one attached hydrogen (secondary N) is 1. The lowest BCUT2D eigenvalue weighted by molar-refractivity contribution is -0.118. The molecule has 1 amide bonds. The highest BCUT2D eigenvalue weighted by atomic mass is 16.2. The molecule has 3 rings (SSSR count). The van der Waals surface area contributed by atoms with E-state index < -0.39 is 0 Å². The van der Waals surface area contributed by atoms with Crippen molar-refractivity contribution in [1.82, 2.24) is 19.0 Å². The number of rotatable bonds is 6. The molecule has 0 saturated heterocycles. The summed E-state index contributed by atoms with van der Waals surface area (Å²) in [6.45, 7) is 3.74. The van der Waals surface area contributed by atoms with Gasteiger partial charge in [-0.25, -0.2) is 4.98 Å². The summed E-state index contributed by atoms with van der Waals surface area (Å²) in [5.74, 6) is -0.0567. The number of anilines is 1. The number of carbonyl (C=O) groups is 1. The average Bonchev–Trinajstić information content (AvgIpc) is 3.21. The Hall–Kier alpha value is -2.60. The van der Waals surface area contributed by atoms with E-state index >= 15 is 0 Å². The van der Waals surface area contributed by atoms with Crippen molar-refractivity contribution in [1.29, 1.82) is 0 Å². The van der Waals surface area contributed by atoms with Crippen LogP contribution in [-0.4, -0.2) is 45.6 Å². The van der Waals surface area contributed by atoms with Crippen LogP contribution in [0.3, 0.4) is 0 Å². The quantitative estimate of drug-likeness (QED) is 0.758. The number of amides is 1. The van der Waals surface area contributed by atoms with Gasteiger partial charge in [0.25, 0.3) is 0 Å². The highest BCUT2D eigenvalue weighted by Crippen LogP contribution is 2.21. The number of aromatic nitrogens is 3. The summed E-state index contributed by atoms with van der Waals surface area (Å²) in [6.07, 6.45) is 7.21. The van der Waals surface area contributed by atoms with E-state index in [0.29, 0.717) is 0 Å². The lowest BCUT2D eigenvalue weighted by Gasteiger charge is -2.14. The van der Waals surface area contributed by atoms with Crippen molar-refractivity contribution in [2.24, 2.45) is 0 Å². The number of likely N-dealkylation sites (N-methyl/N-ethyl adjacent to an activating group) is 1. The Kier molecular flexibility index (Phi) is 4.66. The van der Waals surface area contributed by atoms with E-state index in [-0.39, 0.29) is 11.9 Å². The van der Waals surface area contributed by atoms with Gasteiger partial charge in [0, 0.05) is 37.4 Å². The number of benzene rings is 1. The molecule has 0 bridgehead atoms. The molecule has 6 heteroatoms. The average molecular weight is 325 g/mol. The molecule has 0 radical (unpaired) electrons. The van der Waals surface area contributed by atoms with Gasteiger partial charge < -0.3 is 19.4 Å². The van der Waals surface area contributed by atoms with Crippen LogP contribution in [0.4, 0.5) is 5.69 Å². The predicted molar refractivity (Wildman–Crippen MR) is 96.1 cm³/mol. The Bertz CT molecular complexity index is 819. The van der Waals surface area contributed by atoms with Gasteiger partial charge in [0.1, 0.15) is 6.04 Å². The van der Waals surface area contributed by atoms with Crippen LogP contribution in [0.15, 0.2) is 49.2 Å². The van der Waals surface area contributed by atoms with Crippen LogP contribution >= 0.6 is 0 Å². The van der Waals surface area contributed by atoms with E-state index in [1.54, 1.807) is 23.3 Å². The Morgan fingerprint density at radius 2 is 2.12 bits per heavy atom. The molecule has 2 aromatic heterocycles. The van der Waals surface area contributed by atoms with Crippen LogP contribution < -0.4 is 5.32 Å². The summed E-state index contributed by atoms with van der Waals surface area (Å²) in [7, 11) is 4.13. The minimum absolute atomic E-state index is 0.0567. The van der Waals surface area contributed by atoms with Crippen molar-refractivity contribution in [2.75, 3.05) is 26.0 Å². The molecule has 0 fully saturated rings. The molecule has 0 aliphatic carbocycles. The fourth-order valence-electron chi connectivity index (χ4n) is 2.65. The zero-order valence-electron chi connectivity index (χ0n) is 14.3. The minimum atomic E-state index is -0.302. The van der Waals surface area contributed by atoms with Crippen LogP contribution in [0, 0.1) is 0 Å². The monoisotopic (exact) mass is 325 g/mol. The molecule has 1 atom stereocenters. The maximum atomic E-state index is 12.4. The van der Waals surface area contributed by atoms with Gasteiger partial charge in [0.05, 0.1) is 11.8 Å². The van der Waals surface area contributed by atoms with E-state index in [2.05, 4.69) is 46.1 Å². The van der Waals surface area contributed by atoms with Crippen molar-refractivity contribution in [3.8, 4) is 0 Å². The Morgan fingerprint density at radius 1 is 1.29 bits per heavy atom. The van der Waals surface area contributed by atoms with E-state index in [0.717, 1.165) is 24.3 Å². The summed E-state index contributed by atoms with van der Waals surface area (Å²) in [4.78, 5) is 18.6. The summed E-state index contributed by atoms with van der Waals surface area (Å²) < 4.78 is 4.00. The molecule has 3 aromatic rings. The van der Waals surface area contributed by atoms with E-state index in [1.165, 1.54) is 5.39 Å². The van der Waals surface area contributed by atoms with Crippen molar-refractivity contribution >= 4 is 22.5 Å². The molecule has 0 aliphatic heterocycles. The van der Waals surface area contributed by atoms with Gasteiger partial charge in [-0.1, -0.05) is 6.07 Å². The minimum Gasteiger partial charge on any atom is -0.346 e. The van der Waals surface area contributed by atoms with E-state index in [4.69, 9.17) is 0 Å². The Balaban J connectivity index is 1.77. The van der Waals surface area contributed by atoms with Crippen molar-refractivity contribution < 1.29 is 4.79 Å². The number of imidazole rings is 1. The predicted octanol–water partition coefficient (Wildman–Crippen LogP) is 2.60. The molecule has 6 nitrogen and oxygen atoms in total. The molecule has 2 heterocycles. The molecule has 0 saturated carbocycles. The molecule has 24 heavy (non-hydrogen) atoms.